The standard InChI is InChI=1S/C13H16N4O2S/c1-19-7-3-6-16-13-17-12(14)11(20-13)10(18)9-4-2-5-15-8-9/h2,4-5,8H,3,6-7,14H2,1H3,(H,16,17). The number of nitrogens with one attached hydrogen (secondary N) is 1. The molecule has 2 heterocycles. The molecule has 106 valence electrons. The molecule has 0 amide bonds. The van der Waals surface area contributed by atoms with E-state index in [4.69, 9.17) is 10.5 Å². The van der Waals surface area contributed by atoms with E-state index >= 15 is 0 Å². The minimum absolute atomic E-state index is 0.155. The minimum atomic E-state index is -0.155. The second kappa shape index (κ2) is 6.97. The van der Waals surface area contributed by atoms with Crippen LogP contribution in [0.25, 0.3) is 0 Å². The molecule has 0 aliphatic carbocycles. The van der Waals surface area contributed by atoms with Crippen molar-refractivity contribution in [3.8, 4) is 0 Å². The number of anilines is 2. The topological polar surface area (TPSA) is 90.1 Å². The number of carbonyl (C=O) groups excluding carboxylic acids is 1. The lowest BCUT2D eigenvalue weighted by molar-refractivity contribution is 0.104. The summed E-state index contributed by atoms with van der Waals surface area (Å²) in [4.78, 5) is 20.8. The number of carbonyl (C=O) groups is 1. The van der Waals surface area contributed by atoms with Gasteiger partial charge in [-0.1, -0.05) is 11.3 Å². The van der Waals surface area contributed by atoms with Gasteiger partial charge in [0.25, 0.3) is 0 Å². The summed E-state index contributed by atoms with van der Waals surface area (Å²) in [6.45, 7) is 1.40. The Bertz CT molecular complexity index is 571. The van der Waals surface area contributed by atoms with Gasteiger partial charge >= 0.3 is 0 Å². The third kappa shape index (κ3) is 3.52. The van der Waals surface area contributed by atoms with Crippen molar-refractivity contribution in [3.05, 3.63) is 35.0 Å². The molecule has 0 spiro atoms. The van der Waals surface area contributed by atoms with Crippen LogP contribution in [0.5, 0.6) is 0 Å². The molecule has 0 bridgehead atoms. The summed E-state index contributed by atoms with van der Waals surface area (Å²) in [5.41, 5.74) is 6.31. The van der Waals surface area contributed by atoms with Gasteiger partial charge in [-0.2, -0.15) is 0 Å². The van der Waals surface area contributed by atoms with E-state index in [0.29, 0.717) is 22.2 Å². The van der Waals surface area contributed by atoms with Crippen molar-refractivity contribution in [2.24, 2.45) is 0 Å². The molecular weight excluding hydrogens is 276 g/mol. The number of ketones is 1. The van der Waals surface area contributed by atoms with Crippen LogP contribution in [-0.2, 0) is 4.74 Å². The molecule has 0 atom stereocenters. The van der Waals surface area contributed by atoms with Crippen LogP contribution in [0.4, 0.5) is 10.9 Å². The Hall–Kier alpha value is -1.99. The maximum absolute atomic E-state index is 12.3. The predicted molar refractivity (Wildman–Crippen MR) is 79.2 cm³/mol. The first kappa shape index (κ1) is 14.4. The number of hydrogen-bond acceptors (Lipinski definition) is 7. The summed E-state index contributed by atoms with van der Waals surface area (Å²) in [7, 11) is 1.66. The number of pyridine rings is 1. The predicted octanol–water partition coefficient (Wildman–Crippen LogP) is 1.80. The number of nitrogens with zero attached hydrogens (tertiary/aromatic N) is 2. The lowest BCUT2D eigenvalue weighted by Gasteiger charge is -2.00. The van der Waals surface area contributed by atoms with Crippen LogP contribution in [-0.4, -0.2) is 36.0 Å². The Balaban J connectivity index is 2.06. The molecule has 0 radical (unpaired) electrons. The number of ether oxygens (including phenoxy) is 1. The number of aromatic nitrogens is 2. The van der Waals surface area contributed by atoms with Gasteiger partial charge in [-0.05, 0) is 18.6 Å². The maximum Gasteiger partial charge on any atom is 0.208 e. The van der Waals surface area contributed by atoms with Gasteiger partial charge in [-0.25, -0.2) is 4.98 Å². The van der Waals surface area contributed by atoms with E-state index in [1.807, 2.05) is 0 Å². The Kier molecular flexibility index (Phi) is 5.03. The first-order chi connectivity index (χ1) is 9.72. The smallest absolute Gasteiger partial charge is 0.208 e. The number of rotatable bonds is 7. The highest BCUT2D eigenvalue weighted by atomic mass is 32.1. The third-order valence-electron chi connectivity index (χ3n) is 2.58. The molecule has 2 rings (SSSR count). The Morgan fingerprint density at radius 2 is 2.40 bits per heavy atom. The second-order valence-electron chi connectivity index (χ2n) is 4.08. The van der Waals surface area contributed by atoms with Crippen molar-refractivity contribution in [2.45, 2.75) is 6.42 Å². The normalized spacial score (nSPS) is 10.4. The minimum Gasteiger partial charge on any atom is -0.385 e. The Morgan fingerprint density at radius 3 is 3.10 bits per heavy atom. The number of methoxy groups -OCH3 is 1. The quantitative estimate of drug-likeness (QED) is 0.597. The molecule has 0 aromatic carbocycles. The molecule has 0 unspecified atom stereocenters. The largest absolute Gasteiger partial charge is 0.385 e. The molecular formula is C13H16N4O2S. The van der Waals surface area contributed by atoms with Gasteiger partial charge in [-0.3, -0.25) is 9.78 Å². The number of nitrogen functional groups attached to an aromatic ring is 1. The van der Waals surface area contributed by atoms with Crippen LogP contribution in [0.15, 0.2) is 24.5 Å². The highest BCUT2D eigenvalue weighted by Gasteiger charge is 2.17. The summed E-state index contributed by atoms with van der Waals surface area (Å²) in [6.07, 6.45) is 4.00. The van der Waals surface area contributed by atoms with Crippen LogP contribution in [0.1, 0.15) is 21.7 Å². The molecule has 0 saturated heterocycles. The van der Waals surface area contributed by atoms with E-state index in [2.05, 4.69) is 15.3 Å². The zero-order valence-electron chi connectivity index (χ0n) is 11.1. The van der Waals surface area contributed by atoms with E-state index in [1.54, 1.807) is 25.4 Å². The van der Waals surface area contributed by atoms with Gasteiger partial charge in [0, 0.05) is 38.2 Å². The zero-order chi connectivity index (χ0) is 14.4. The number of thiazole rings is 1. The van der Waals surface area contributed by atoms with Crippen molar-refractivity contribution in [1.29, 1.82) is 0 Å². The van der Waals surface area contributed by atoms with Crippen molar-refractivity contribution in [3.63, 3.8) is 0 Å². The monoisotopic (exact) mass is 292 g/mol. The highest BCUT2D eigenvalue weighted by Crippen LogP contribution is 2.27. The van der Waals surface area contributed by atoms with Crippen molar-refractivity contribution < 1.29 is 9.53 Å². The first-order valence-electron chi connectivity index (χ1n) is 6.16. The lowest BCUT2D eigenvalue weighted by Crippen LogP contribution is -2.04. The summed E-state index contributed by atoms with van der Waals surface area (Å²) in [5.74, 6) is 0.0936. The zero-order valence-corrected chi connectivity index (χ0v) is 11.9. The van der Waals surface area contributed by atoms with Crippen LogP contribution in [0, 0.1) is 0 Å². The van der Waals surface area contributed by atoms with E-state index in [9.17, 15) is 4.79 Å². The molecule has 2 aromatic heterocycles. The highest BCUT2D eigenvalue weighted by molar-refractivity contribution is 7.18. The molecule has 0 fully saturated rings. The summed E-state index contributed by atoms with van der Waals surface area (Å²) >= 11 is 1.26. The fourth-order valence-electron chi connectivity index (χ4n) is 1.61. The van der Waals surface area contributed by atoms with E-state index in [0.717, 1.165) is 13.0 Å². The first-order valence-corrected chi connectivity index (χ1v) is 6.98. The van der Waals surface area contributed by atoms with Crippen molar-refractivity contribution in [2.75, 3.05) is 31.3 Å². The van der Waals surface area contributed by atoms with Crippen LogP contribution < -0.4 is 11.1 Å². The van der Waals surface area contributed by atoms with Gasteiger partial charge in [-0.15, -0.1) is 0 Å². The van der Waals surface area contributed by atoms with Gasteiger partial charge in [0.2, 0.25) is 5.78 Å². The molecule has 2 aromatic rings. The molecule has 0 aliphatic heterocycles. The lowest BCUT2D eigenvalue weighted by atomic mass is 10.2. The summed E-state index contributed by atoms with van der Waals surface area (Å²) < 4.78 is 4.96. The van der Waals surface area contributed by atoms with Crippen LogP contribution in [0.3, 0.4) is 0 Å². The van der Waals surface area contributed by atoms with Crippen LogP contribution >= 0.6 is 11.3 Å². The number of nitrogens with two attached hydrogens (primary N) is 1. The van der Waals surface area contributed by atoms with Crippen molar-refractivity contribution in [1.82, 2.24) is 9.97 Å². The fourth-order valence-corrected chi connectivity index (χ4v) is 2.48. The average Bonchev–Trinajstić information content (AvgIpc) is 2.85. The summed E-state index contributed by atoms with van der Waals surface area (Å²) in [6, 6.07) is 3.43. The van der Waals surface area contributed by atoms with E-state index in [-0.39, 0.29) is 11.6 Å². The Morgan fingerprint density at radius 1 is 1.55 bits per heavy atom. The molecule has 3 N–H and O–H groups in total. The SMILES string of the molecule is COCCCNc1nc(N)c(C(=O)c2cccnc2)s1. The van der Waals surface area contributed by atoms with Crippen molar-refractivity contribution >= 4 is 28.1 Å². The maximum atomic E-state index is 12.3. The van der Waals surface area contributed by atoms with E-state index in [1.165, 1.54) is 17.5 Å². The average molecular weight is 292 g/mol. The van der Waals surface area contributed by atoms with Gasteiger partial charge in [0.15, 0.2) is 5.13 Å². The molecule has 6 nitrogen and oxygen atoms in total. The van der Waals surface area contributed by atoms with Gasteiger partial charge < -0.3 is 15.8 Å². The third-order valence-corrected chi connectivity index (χ3v) is 3.61. The van der Waals surface area contributed by atoms with Gasteiger partial charge in [0.1, 0.15) is 10.7 Å². The molecule has 7 heteroatoms. The van der Waals surface area contributed by atoms with Gasteiger partial charge in [0.05, 0.1) is 0 Å². The van der Waals surface area contributed by atoms with E-state index < -0.39 is 0 Å². The van der Waals surface area contributed by atoms with Crippen LogP contribution in [0.2, 0.25) is 0 Å². The number of hydrogen-bond donors (Lipinski definition) is 2. The molecule has 0 saturated carbocycles. The second-order valence-corrected chi connectivity index (χ2v) is 5.08. The summed E-state index contributed by atoms with van der Waals surface area (Å²) in [5, 5.41) is 3.77. The Labute approximate surface area is 121 Å². The molecule has 0 aliphatic rings. The molecule has 20 heavy (non-hydrogen) atoms. The fraction of sp³-hybridized carbons (Fsp3) is 0.308.